The van der Waals surface area contributed by atoms with Crippen LogP contribution < -0.4 is 10.9 Å². The summed E-state index contributed by atoms with van der Waals surface area (Å²) in [6, 6.07) is 9.81. The lowest BCUT2D eigenvalue weighted by atomic mass is 10.1. The molecule has 1 aromatic carbocycles. The van der Waals surface area contributed by atoms with Crippen molar-refractivity contribution in [3.8, 4) is 0 Å². The molecule has 25 heavy (non-hydrogen) atoms. The largest absolute Gasteiger partial charge is 0.312 e. The Balaban J connectivity index is 1.77. The van der Waals surface area contributed by atoms with Crippen molar-refractivity contribution in [1.82, 2.24) is 20.1 Å². The summed E-state index contributed by atoms with van der Waals surface area (Å²) < 4.78 is 1.61. The predicted molar refractivity (Wildman–Crippen MR) is 99.1 cm³/mol. The summed E-state index contributed by atoms with van der Waals surface area (Å²) in [5.41, 5.74) is 1.92. The Hall–Kier alpha value is -2.24. The van der Waals surface area contributed by atoms with Crippen LogP contribution in [-0.4, -0.2) is 27.4 Å². The third-order valence-corrected chi connectivity index (χ3v) is 4.93. The van der Waals surface area contributed by atoms with E-state index in [9.17, 15) is 4.79 Å². The number of hydrogen-bond donors (Lipinski definition) is 1. The minimum absolute atomic E-state index is 0.0500. The first kappa shape index (κ1) is 16.2. The summed E-state index contributed by atoms with van der Waals surface area (Å²) in [5.74, 6) is 0. The molecular formula is C19H19ClN4O. The molecule has 1 aliphatic heterocycles. The second-order valence-corrected chi connectivity index (χ2v) is 6.89. The molecule has 0 saturated carbocycles. The quantitative estimate of drug-likeness (QED) is 0.782. The molecule has 0 amide bonds. The molecule has 0 spiro atoms. The van der Waals surface area contributed by atoms with Gasteiger partial charge in [0.05, 0.1) is 17.6 Å². The molecule has 4 rings (SSSR count). The summed E-state index contributed by atoms with van der Waals surface area (Å²) in [6.45, 7) is 1.61. The second kappa shape index (κ2) is 6.94. The van der Waals surface area contributed by atoms with E-state index in [1.54, 1.807) is 23.1 Å². The summed E-state index contributed by atoms with van der Waals surface area (Å²) >= 11 is 5.97. The number of fused-ring (bicyclic) bond motifs is 1. The fourth-order valence-electron chi connectivity index (χ4n) is 3.37. The second-order valence-electron chi connectivity index (χ2n) is 6.45. The lowest BCUT2D eigenvalue weighted by Gasteiger charge is -2.14. The maximum atomic E-state index is 12.8. The first-order chi connectivity index (χ1) is 12.2. The van der Waals surface area contributed by atoms with Crippen molar-refractivity contribution < 1.29 is 0 Å². The van der Waals surface area contributed by atoms with Gasteiger partial charge in [0.15, 0.2) is 0 Å². The summed E-state index contributed by atoms with van der Waals surface area (Å²) in [4.78, 5) is 17.0. The van der Waals surface area contributed by atoms with E-state index in [0.29, 0.717) is 29.4 Å². The first-order valence-electron chi connectivity index (χ1n) is 8.52. The van der Waals surface area contributed by atoms with Crippen molar-refractivity contribution >= 4 is 22.4 Å². The highest BCUT2D eigenvalue weighted by Crippen LogP contribution is 2.18. The number of hydrogen-bond acceptors (Lipinski definition) is 4. The predicted octanol–water partition coefficient (Wildman–Crippen LogP) is 2.79. The van der Waals surface area contributed by atoms with E-state index >= 15 is 0 Å². The summed E-state index contributed by atoms with van der Waals surface area (Å²) in [7, 11) is 0. The van der Waals surface area contributed by atoms with Crippen molar-refractivity contribution in [2.24, 2.45) is 0 Å². The molecule has 2 aromatic heterocycles. The van der Waals surface area contributed by atoms with Gasteiger partial charge in [-0.1, -0.05) is 23.7 Å². The number of halogens is 1. The van der Waals surface area contributed by atoms with Crippen molar-refractivity contribution in [1.29, 1.82) is 0 Å². The van der Waals surface area contributed by atoms with Crippen molar-refractivity contribution in [3.05, 3.63) is 69.4 Å². The number of rotatable bonds is 4. The highest BCUT2D eigenvalue weighted by atomic mass is 35.5. The highest BCUT2D eigenvalue weighted by molar-refractivity contribution is 6.30. The number of pyridine rings is 1. The van der Waals surface area contributed by atoms with Gasteiger partial charge in [-0.15, -0.1) is 0 Å². The van der Waals surface area contributed by atoms with Gasteiger partial charge in [-0.2, -0.15) is 5.10 Å². The van der Waals surface area contributed by atoms with E-state index in [1.807, 2.05) is 24.3 Å². The van der Waals surface area contributed by atoms with Gasteiger partial charge in [-0.05, 0) is 43.1 Å². The van der Waals surface area contributed by atoms with Crippen LogP contribution >= 0.6 is 11.6 Å². The molecule has 3 heterocycles. The average molecular weight is 355 g/mol. The fraction of sp³-hybridized carbons (Fsp3) is 0.316. The molecule has 0 bridgehead atoms. The minimum atomic E-state index is -0.0500. The van der Waals surface area contributed by atoms with Gasteiger partial charge in [-0.3, -0.25) is 9.78 Å². The minimum Gasteiger partial charge on any atom is -0.312 e. The zero-order valence-corrected chi connectivity index (χ0v) is 14.5. The third-order valence-electron chi connectivity index (χ3n) is 4.68. The van der Waals surface area contributed by atoms with Gasteiger partial charge in [0.2, 0.25) is 0 Å². The van der Waals surface area contributed by atoms with E-state index in [-0.39, 0.29) is 5.56 Å². The summed E-state index contributed by atoms with van der Waals surface area (Å²) in [5, 5.41) is 10.3. The van der Waals surface area contributed by atoms with Gasteiger partial charge in [0.1, 0.15) is 0 Å². The van der Waals surface area contributed by atoms with Crippen LogP contribution in [0.4, 0.5) is 0 Å². The number of benzene rings is 1. The zero-order chi connectivity index (χ0) is 17.2. The average Bonchev–Trinajstić information content (AvgIpc) is 3.14. The van der Waals surface area contributed by atoms with Gasteiger partial charge in [-0.25, -0.2) is 4.68 Å². The van der Waals surface area contributed by atoms with Crippen LogP contribution in [-0.2, 0) is 13.0 Å². The van der Waals surface area contributed by atoms with E-state index in [2.05, 4.69) is 15.4 Å². The van der Waals surface area contributed by atoms with Gasteiger partial charge in [0, 0.05) is 35.3 Å². The Morgan fingerprint density at radius 2 is 2.04 bits per heavy atom. The van der Waals surface area contributed by atoms with E-state index < -0.39 is 0 Å². The Morgan fingerprint density at radius 3 is 2.80 bits per heavy atom. The van der Waals surface area contributed by atoms with E-state index in [0.717, 1.165) is 36.0 Å². The maximum absolute atomic E-state index is 12.8. The van der Waals surface area contributed by atoms with E-state index in [1.165, 1.54) is 0 Å². The molecule has 1 unspecified atom stereocenters. The van der Waals surface area contributed by atoms with Crippen LogP contribution in [0.2, 0.25) is 5.02 Å². The SMILES string of the molecule is O=c1c2ccncc2c(Cc2ccc(Cl)cc2)nn1CC1CCCN1. The molecule has 1 aliphatic rings. The first-order valence-corrected chi connectivity index (χ1v) is 8.90. The van der Waals surface area contributed by atoms with Crippen molar-refractivity contribution in [2.45, 2.75) is 31.8 Å². The fourth-order valence-corrected chi connectivity index (χ4v) is 3.49. The molecule has 1 atom stereocenters. The lowest BCUT2D eigenvalue weighted by Crippen LogP contribution is -2.34. The topological polar surface area (TPSA) is 59.8 Å². The summed E-state index contributed by atoms with van der Waals surface area (Å²) in [6.07, 6.45) is 6.25. The number of nitrogens with zero attached hydrogens (tertiary/aromatic N) is 3. The normalized spacial score (nSPS) is 17.2. The molecule has 1 fully saturated rings. The molecule has 3 aromatic rings. The van der Waals surface area contributed by atoms with Crippen LogP contribution in [0.5, 0.6) is 0 Å². The Labute approximate surface area is 150 Å². The van der Waals surface area contributed by atoms with Crippen LogP contribution in [0.3, 0.4) is 0 Å². The molecule has 6 heteroatoms. The number of aromatic nitrogens is 3. The highest BCUT2D eigenvalue weighted by Gasteiger charge is 2.18. The van der Waals surface area contributed by atoms with Crippen LogP contribution in [0.15, 0.2) is 47.5 Å². The monoisotopic (exact) mass is 354 g/mol. The smallest absolute Gasteiger partial charge is 0.274 e. The Morgan fingerprint density at radius 1 is 1.20 bits per heavy atom. The van der Waals surface area contributed by atoms with Gasteiger partial charge >= 0.3 is 0 Å². The molecule has 5 nitrogen and oxygen atoms in total. The standard InChI is InChI=1S/C19H19ClN4O/c20-14-5-3-13(4-6-14)10-18-17-11-21-9-7-16(17)19(25)24(23-18)12-15-2-1-8-22-15/h3-7,9,11,15,22H,1-2,8,10,12H2. The van der Waals surface area contributed by atoms with Gasteiger partial charge in [0.25, 0.3) is 5.56 Å². The zero-order valence-electron chi connectivity index (χ0n) is 13.8. The molecule has 1 saturated heterocycles. The molecule has 0 aliphatic carbocycles. The van der Waals surface area contributed by atoms with Crippen LogP contribution in [0.25, 0.3) is 10.8 Å². The van der Waals surface area contributed by atoms with E-state index in [4.69, 9.17) is 11.6 Å². The molecule has 0 radical (unpaired) electrons. The Kier molecular flexibility index (Phi) is 4.51. The molecule has 128 valence electrons. The van der Waals surface area contributed by atoms with Crippen molar-refractivity contribution in [2.75, 3.05) is 6.54 Å². The van der Waals surface area contributed by atoms with Crippen LogP contribution in [0.1, 0.15) is 24.1 Å². The number of nitrogens with one attached hydrogen (secondary N) is 1. The van der Waals surface area contributed by atoms with Gasteiger partial charge < -0.3 is 5.32 Å². The van der Waals surface area contributed by atoms with Crippen molar-refractivity contribution in [3.63, 3.8) is 0 Å². The third kappa shape index (κ3) is 3.43. The lowest BCUT2D eigenvalue weighted by molar-refractivity contribution is 0.458. The molecule has 1 N–H and O–H groups in total. The van der Waals surface area contributed by atoms with Crippen LogP contribution in [0, 0.1) is 0 Å². The molecular weight excluding hydrogens is 336 g/mol. The maximum Gasteiger partial charge on any atom is 0.274 e. The Bertz CT molecular complexity index is 946.